The van der Waals surface area contributed by atoms with Gasteiger partial charge < -0.3 is 34.6 Å². The largest absolute Gasteiger partial charge is 0.397 e. The lowest BCUT2D eigenvalue weighted by atomic mass is 9.90. The first-order valence-electron chi connectivity index (χ1n) is 9.03. The summed E-state index contributed by atoms with van der Waals surface area (Å²) in [6.07, 6.45) is -11.7. The van der Waals surface area contributed by atoms with Crippen LogP contribution in [0.4, 0.5) is 0 Å². The lowest BCUT2D eigenvalue weighted by Gasteiger charge is -2.46. The molecule has 17 heteroatoms. The molecule has 0 aromatic carbocycles. The summed E-state index contributed by atoms with van der Waals surface area (Å²) in [6, 6.07) is 0. The molecule has 6 N–H and O–H groups in total. The van der Waals surface area contributed by atoms with Gasteiger partial charge in [-0.05, 0) is 0 Å². The zero-order valence-corrected chi connectivity index (χ0v) is 18.0. The van der Waals surface area contributed by atoms with Crippen molar-refractivity contribution in [1.29, 1.82) is 0 Å². The molecule has 0 saturated carbocycles. The van der Waals surface area contributed by atoms with Gasteiger partial charge in [-0.2, -0.15) is 16.8 Å². The molecule has 0 bridgehead atoms. The maximum Gasteiger partial charge on any atom is 0.397 e. The van der Waals surface area contributed by atoms with Crippen molar-refractivity contribution < 1.29 is 68.9 Å². The number of aliphatic hydroxyl groups is 4. The van der Waals surface area contributed by atoms with Crippen LogP contribution >= 0.6 is 0 Å². The first-order valence-corrected chi connectivity index (χ1v) is 11.8. The van der Waals surface area contributed by atoms with Gasteiger partial charge in [0.25, 0.3) is 0 Å². The van der Waals surface area contributed by atoms with Gasteiger partial charge in [0.05, 0.1) is 25.4 Å². The molecule has 0 aliphatic carbocycles. The van der Waals surface area contributed by atoms with Gasteiger partial charge in [-0.25, -0.2) is 8.37 Å². The van der Waals surface area contributed by atoms with Crippen LogP contribution < -0.4 is 0 Å². The minimum atomic E-state index is -4.86. The fourth-order valence-electron chi connectivity index (χ4n) is 3.23. The summed E-state index contributed by atoms with van der Waals surface area (Å²) in [7, 11) is -9.71. The van der Waals surface area contributed by atoms with Crippen LogP contribution in [0.1, 0.15) is 13.8 Å². The monoisotopic (exact) mass is 498 g/mol. The Morgan fingerprint density at radius 2 is 1.23 bits per heavy atom. The van der Waals surface area contributed by atoms with E-state index in [4.69, 9.17) is 23.3 Å². The van der Waals surface area contributed by atoms with Gasteiger partial charge in [0.2, 0.25) is 0 Å². The van der Waals surface area contributed by atoms with Crippen LogP contribution in [0, 0.1) is 11.8 Å². The normalized spacial score (nSPS) is 42.5. The Morgan fingerprint density at radius 1 is 0.742 bits per heavy atom. The third-order valence-electron chi connectivity index (χ3n) is 5.06. The number of ether oxygens (including phenoxy) is 3. The molecule has 15 nitrogen and oxygen atoms in total. The molecule has 2 heterocycles. The van der Waals surface area contributed by atoms with Gasteiger partial charge in [-0.3, -0.25) is 9.11 Å². The molecule has 0 aromatic rings. The average Bonchev–Trinajstić information content (AvgIpc) is 2.64. The average molecular weight is 498 g/mol. The molecule has 2 rings (SSSR count). The van der Waals surface area contributed by atoms with Crippen LogP contribution in [0.15, 0.2) is 0 Å². The molecular formula is C14H26O15S2. The van der Waals surface area contributed by atoms with E-state index in [0.717, 1.165) is 0 Å². The molecule has 2 fully saturated rings. The third-order valence-corrected chi connectivity index (χ3v) is 5.93. The Balaban J connectivity index is 2.14. The van der Waals surface area contributed by atoms with Crippen LogP contribution in [0.3, 0.4) is 0 Å². The Bertz CT molecular complexity index is 801. The standard InChI is InChI=1S/C14H26O15S2/c1-5-9(15)10(16)7(3-25-30(19,20)21)28-14(5)29-12-6(2)13(18)27-8(11(12)17)4-26-31(22,23)24/h5-18H,3-4H2,1-2H3,(H,19,20,21)(H,22,23,24)/t5?,6?,7?,8?,9-,10-,11-,12-,13-,14+/m1/s1. The second-order valence-electron chi connectivity index (χ2n) is 7.32. The van der Waals surface area contributed by atoms with Crippen LogP contribution in [-0.2, 0) is 43.4 Å². The maximum absolute atomic E-state index is 10.8. The number of aliphatic hydroxyl groups excluding tert-OH is 4. The molecule has 2 aliphatic heterocycles. The van der Waals surface area contributed by atoms with Gasteiger partial charge in [0, 0.05) is 11.8 Å². The zero-order chi connectivity index (χ0) is 23.7. The quantitative estimate of drug-likeness (QED) is 0.181. The van der Waals surface area contributed by atoms with Crippen molar-refractivity contribution in [3.05, 3.63) is 0 Å². The molecule has 2 aliphatic rings. The molecular weight excluding hydrogens is 472 g/mol. The fraction of sp³-hybridized carbons (Fsp3) is 1.00. The van der Waals surface area contributed by atoms with E-state index in [1.165, 1.54) is 13.8 Å². The van der Waals surface area contributed by atoms with Crippen molar-refractivity contribution in [2.45, 2.75) is 63.1 Å². The Hall–Kier alpha value is -0.540. The topological polar surface area (TPSA) is 236 Å². The van der Waals surface area contributed by atoms with Crippen molar-refractivity contribution >= 4 is 20.8 Å². The molecule has 184 valence electrons. The molecule has 2 saturated heterocycles. The second kappa shape index (κ2) is 10.2. The van der Waals surface area contributed by atoms with E-state index in [0.29, 0.717) is 0 Å². The molecule has 31 heavy (non-hydrogen) atoms. The summed E-state index contributed by atoms with van der Waals surface area (Å²) >= 11 is 0. The number of rotatable bonds is 8. The second-order valence-corrected chi connectivity index (χ2v) is 9.51. The highest BCUT2D eigenvalue weighted by molar-refractivity contribution is 7.81. The summed E-state index contributed by atoms with van der Waals surface area (Å²) in [4.78, 5) is 0. The van der Waals surface area contributed by atoms with Gasteiger partial charge >= 0.3 is 20.8 Å². The van der Waals surface area contributed by atoms with Gasteiger partial charge in [0.15, 0.2) is 12.6 Å². The first-order chi connectivity index (χ1) is 14.1. The van der Waals surface area contributed by atoms with Crippen molar-refractivity contribution in [1.82, 2.24) is 0 Å². The van der Waals surface area contributed by atoms with E-state index in [9.17, 15) is 37.3 Å². The van der Waals surface area contributed by atoms with Crippen molar-refractivity contribution in [3.63, 3.8) is 0 Å². The highest BCUT2D eigenvalue weighted by Gasteiger charge is 2.49. The van der Waals surface area contributed by atoms with Gasteiger partial charge in [0.1, 0.15) is 24.4 Å². The summed E-state index contributed by atoms with van der Waals surface area (Å²) in [6.45, 7) is 1.14. The Labute approximate surface area is 178 Å². The predicted molar refractivity (Wildman–Crippen MR) is 95.8 cm³/mol. The number of hydrogen-bond acceptors (Lipinski definition) is 13. The Kier molecular flexibility index (Phi) is 8.75. The van der Waals surface area contributed by atoms with E-state index < -0.39 is 95.1 Å². The zero-order valence-electron chi connectivity index (χ0n) is 16.4. The lowest BCUT2D eigenvalue weighted by Crippen LogP contribution is -2.61. The van der Waals surface area contributed by atoms with Crippen LogP contribution in [0.2, 0.25) is 0 Å². The minimum absolute atomic E-state index is 0.850. The number of hydrogen-bond donors (Lipinski definition) is 6. The fourth-order valence-corrected chi connectivity index (χ4v) is 3.85. The van der Waals surface area contributed by atoms with E-state index in [-0.39, 0.29) is 0 Å². The van der Waals surface area contributed by atoms with E-state index in [2.05, 4.69) is 8.37 Å². The molecule has 0 aromatic heterocycles. The summed E-state index contributed by atoms with van der Waals surface area (Å²) < 4.78 is 84.9. The van der Waals surface area contributed by atoms with Crippen molar-refractivity contribution in [2.24, 2.45) is 11.8 Å². The van der Waals surface area contributed by atoms with Crippen molar-refractivity contribution in [3.8, 4) is 0 Å². The highest BCUT2D eigenvalue weighted by Crippen LogP contribution is 2.33. The molecule has 0 spiro atoms. The van der Waals surface area contributed by atoms with Crippen LogP contribution in [-0.4, -0.2) is 109 Å². The summed E-state index contributed by atoms with van der Waals surface area (Å²) in [5, 5.41) is 40.9. The van der Waals surface area contributed by atoms with E-state index >= 15 is 0 Å². The summed E-state index contributed by atoms with van der Waals surface area (Å²) in [5.74, 6) is -1.81. The minimum Gasteiger partial charge on any atom is -0.390 e. The summed E-state index contributed by atoms with van der Waals surface area (Å²) in [5.41, 5.74) is 0. The predicted octanol–water partition coefficient (Wildman–Crippen LogP) is -3.19. The van der Waals surface area contributed by atoms with Crippen molar-refractivity contribution in [2.75, 3.05) is 13.2 Å². The van der Waals surface area contributed by atoms with E-state index in [1.807, 2.05) is 0 Å². The van der Waals surface area contributed by atoms with Crippen LogP contribution in [0.5, 0.6) is 0 Å². The van der Waals surface area contributed by atoms with Crippen LogP contribution in [0.25, 0.3) is 0 Å². The smallest absolute Gasteiger partial charge is 0.390 e. The maximum atomic E-state index is 10.8. The first kappa shape index (κ1) is 26.7. The highest BCUT2D eigenvalue weighted by atomic mass is 32.3. The third kappa shape index (κ3) is 7.22. The lowest BCUT2D eigenvalue weighted by molar-refractivity contribution is -0.337. The van der Waals surface area contributed by atoms with Gasteiger partial charge in [-0.15, -0.1) is 0 Å². The SMILES string of the molecule is CC1[C@H](O[C@@H]2C(C)[C@H](O)OC(COS(=O)(=O)O)[C@H]2O)OC(COS(=O)(=O)O)[C@@H](O)[C@@H]1O. The van der Waals surface area contributed by atoms with E-state index in [1.54, 1.807) is 0 Å². The molecule has 0 radical (unpaired) electrons. The Morgan fingerprint density at radius 3 is 1.71 bits per heavy atom. The molecule has 4 unspecified atom stereocenters. The molecule has 0 amide bonds. The molecule has 10 atom stereocenters. The van der Waals surface area contributed by atoms with Gasteiger partial charge in [-0.1, -0.05) is 13.8 Å².